The van der Waals surface area contributed by atoms with Crippen LogP contribution in [-0.4, -0.2) is 13.1 Å². The summed E-state index contributed by atoms with van der Waals surface area (Å²) < 4.78 is 0. The van der Waals surface area contributed by atoms with E-state index in [1.54, 1.807) is 0 Å². The van der Waals surface area contributed by atoms with E-state index in [-0.39, 0.29) is 0 Å². The van der Waals surface area contributed by atoms with Gasteiger partial charge in [0.25, 0.3) is 0 Å². The van der Waals surface area contributed by atoms with Gasteiger partial charge in [-0.3, -0.25) is 0 Å². The van der Waals surface area contributed by atoms with Crippen LogP contribution in [0.5, 0.6) is 0 Å². The molecule has 0 unspecified atom stereocenters. The van der Waals surface area contributed by atoms with E-state index in [1.807, 2.05) is 0 Å². The Labute approximate surface area is 115 Å². The molecule has 0 radical (unpaired) electrons. The van der Waals surface area contributed by atoms with Crippen LogP contribution in [-0.2, 0) is 12.8 Å². The lowest BCUT2D eigenvalue weighted by Crippen LogP contribution is -2.29. The Bertz CT molecular complexity index is 454. The van der Waals surface area contributed by atoms with Gasteiger partial charge in [0.15, 0.2) is 0 Å². The third-order valence-electron chi connectivity index (χ3n) is 4.18. The predicted molar refractivity (Wildman–Crippen MR) is 80.2 cm³/mol. The first kappa shape index (κ1) is 12.4. The fourth-order valence-corrected chi connectivity index (χ4v) is 3.22. The van der Waals surface area contributed by atoms with E-state index in [0.29, 0.717) is 5.41 Å². The Balaban J connectivity index is 1.79. The highest BCUT2D eigenvalue weighted by Crippen LogP contribution is 2.33. The van der Waals surface area contributed by atoms with Gasteiger partial charge < -0.3 is 5.32 Å². The van der Waals surface area contributed by atoms with Crippen molar-refractivity contribution >= 4 is 0 Å². The van der Waals surface area contributed by atoms with Gasteiger partial charge >= 0.3 is 0 Å². The normalized spacial score (nSPS) is 17.5. The largest absolute Gasteiger partial charge is 0.316 e. The number of nitrogens with one attached hydrogen (secondary N) is 1. The quantitative estimate of drug-likeness (QED) is 0.877. The van der Waals surface area contributed by atoms with E-state index < -0.39 is 0 Å². The molecule has 2 aromatic carbocycles. The summed E-state index contributed by atoms with van der Waals surface area (Å²) in [6, 6.07) is 21.8. The maximum atomic E-state index is 3.55. The summed E-state index contributed by atoms with van der Waals surface area (Å²) in [5.74, 6) is 0. The highest BCUT2D eigenvalue weighted by atomic mass is 14.9. The number of hydrogen-bond acceptors (Lipinski definition) is 1. The van der Waals surface area contributed by atoms with E-state index in [9.17, 15) is 0 Å². The third-order valence-corrected chi connectivity index (χ3v) is 4.18. The fourth-order valence-electron chi connectivity index (χ4n) is 3.22. The van der Waals surface area contributed by atoms with Gasteiger partial charge in [0.2, 0.25) is 0 Å². The molecule has 0 atom stereocenters. The van der Waals surface area contributed by atoms with Gasteiger partial charge in [-0.2, -0.15) is 0 Å². The monoisotopic (exact) mass is 251 g/mol. The SMILES string of the molecule is c1ccc(CC2(Cc3ccccc3)CCNC2)cc1. The molecule has 2 aromatic rings. The highest BCUT2D eigenvalue weighted by Gasteiger charge is 2.33. The topological polar surface area (TPSA) is 12.0 Å². The molecule has 0 aromatic heterocycles. The second kappa shape index (κ2) is 5.58. The predicted octanol–water partition coefficient (Wildman–Crippen LogP) is 3.45. The van der Waals surface area contributed by atoms with Crippen molar-refractivity contribution < 1.29 is 0 Å². The van der Waals surface area contributed by atoms with Crippen LogP contribution in [0.15, 0.2) is 60.7 Å². The van der Waals surface area contributed by atoms with Gasteiger partial charge in [0, 0.05) is 6.54 Å². The first-order valence-electron chi connectivity index (χ1n) is 7.15. The molecular formula is C18H21N. The minimum atomic E-state index is 0.392. The number of benzene rings is 2. The van der Waals surface area contributed by atoms with Crippen molar-refractivity contribution in [3.05, 3.63) is 71.8 Å². The first-order valence-corrected chi connectivity index (χ1v) is 7.15. The number of hydrogen-bond donors (Lipinski definition) is 1. The summed E-state index contributed by atoms with van der Waals surface area (Å²) in [5.41, 5.74) is 3.31. The Morgan fingerprint density at radius 2 is 1.32 bits per heavy atom. The second-order valence-corrected chi connectivity index (χ2v) is 5.75. The maximum absolute atomic E-state index is 3.55. The molecule has 0 saturated carbocycles. The molecule has 1 fully saturated rings. The van der Waals surface area contributed by atoms with Crippen LogP contribution in [0, 0.1) is 5.41 Å². The van der Waals surface area contributed by atoms with Crippen LogP contribution < -0.4 is 5.32 Å². The lowest BCUT2D eigenvalue weighted by Gasteiger charge is -2.28. The molecule has 1 N–H and O–H groups in total. The van der Waals surface area contributed by atoms with Crippen LogP contribution in [0.25, 0.3) is 0 Å². The maximum Gasteiger partial charge on any atom is 0.00147 e. The van der Waals surface area contributed by atoms with Gasteiger partial charge in [-0.15, -0.1) is 0 Å². The van der Waals surface area contributed by atoms with Crippen molar-refractivity contribution in [3.63, 3.8) is 0 Å². The molecule has 1 aliphatic rings. The Hall–Kier alpha value is -1.60. The van der Waals surface area contributed by atoms with E-state index >= 15 is 0 Å². The van der Waals surface area contributed by atoms with Crippen LogP contribution in [0.3, 0.4) is 0 Å². The van der Waals surface area contributed by atoms with E-state index in [0.717, 1.165) is 13.1 Å². The lowest BCUT2D eigenvalue weighted by molar-refractivity contribution is 0.318. The lowest BCUT2D eigenvalue weighted by atomic mass is 9.76. The van der Waals surface area contributed by atoms with Crippen molar-refractivity contribution in [2.45, 2.75) is 19.3 Å². The molecule has 1 heteroatoms. The van der Waals surface area contributed by atoms with Crippen LogP contribution >= 0.6 is 0 Å². The molecule has 1 saturated heterocycles. The minimum Gasteiger partial charge on any atom is -0.316 e. The van der Waals surface area contributed by atoms with Crippen molar-refractivity contribution in [2.24, 2.45) is 5.41 Å². The summed E-state index contributed by atoms with van der Waals surface area (Å²) in [5, 5.41) is 3.55. The molecule has 3 rings (SSSR count). The first-order chi connectivity index (χ1) is 9.36. The van der Waals surface area contributed by atoms with Gasteiger partial charge in [-0.25, -0.2) is 0 Å². The van der Waals surface area contributed by atoms with Crippen LogP contribution in [0.4, 0.5) is 0 Å². The smallest absolute Gasteiger partial charge is 0.00147 e. The highest BCUT2D eigenvalue weighted by molar-refractivity contribution is 5.21. The molecule has 0 aliphatic carbocycles. The second-order valence-electron chi connectivity index (χ2n) is 5.75. The zero-order chi connectivity index (χ0) is 13.0. The third kappa shape index (κ3) is 3.05. The standard InChI is InChI=1S/C18H21N/c1-3-7-16(8-4-1)13-18(11-12-19-15-18)14-17-9-5-2-6-10-17/h1-10,19H,11-15H2. The van der Waals surface area contributed by atoms with Crippen molar-refractivity contribution in [1.29, 1.82) is 0 Å². The molecule has 0 bridgehead atoms. The molecule has 19 heavy (non-hydrogen) atoms. The molecule has 1 heterocycles. The number of rotatable bonds is 4. The molecule has 0 amide bonds. The zero-order valence-electron chi connectivity index (χ0n) is 11.3. The summed E-state index contributed by atoms with van der Waals surface area (Å²) in [7, 11) is 0. The molecular weight excluding hydrogens is 230 g/mol. The molecule has 1 aliphatic heterocycles. The van der Waals surface area contributed by atoms with E-state index in [4.69, 9.17) is 0 Å². The van der Waals surface area contributed by atoms with E-state index in [2.05, 4.69) is 66.0 Å². The van der Waals surface area contributed by atoms with Crippen molar-refractivity contribution in [1.82, 2.24) is 5.32 Å². The Morgan fingerprint density at radius 3 is 1.74 bits per heavy atom. The summed E-state index contributed by atoms with van der Waals surface area (Å²) in [4.78, 5) is 0. The Kier molecular flexibility index (Phi) is 3.65. The minimum absolute atomic E-state index is 0.392. The summed E-state index contributed by atoms with van der Waals surface area (Å²) in [6.07, 6.45) is 3.63. The van der Waals surface area contributed by atoms with Crippen molar-refractivity contribution in [2.75, 3.05) is 13.1 Å². The average Bonchev–Trinajstić information content (AvgIpc) is 2.89. The molecule has 1 nitrogen and oxygen atoms in total. The van der Waals surface area contributed by atoms with Crippen molar-refractivity contribution in [3.8, 4) is 0 Å². The van der Waals surface area contributed by atoms with Gasteiger partial charge in [0.05, 0.1) is 0 Å². The zero-order valence-corrected chi connectivity index (χ0v) is 11.3. The summed E-state index contributed by atoms with van der Waals surface area (Å²) in [6.45, 7) is 2.29. The van der Waals surface area contributed by atoms with Crippen LogP contribution in [0.2, 0.25) is 0 Å². The molecule has 98 valence electrons. The Morgan fingerprint density at radius 1 is 0.789 bits per heavy atom. The van der Waals surface area contributed by atoms with Gasteiger partial charge in [-0.05, 0) is 42.3 Å². The van der Waals surface area contributed by atoms with Crippen LogP contribution in [0.1, 0.15) is 17.5 Å². The summed E-state index contributed by atoms with van der Waals surface area (Å²) >= 11 is 0. The van der Waals surface area contributed by atoms with E-state index in [1.165, 1.54) is 30.4 Å². The van der Waals surface area contributed by atoms with Gasteiger partial charge in [-0.1, -0.05) is 60.7 Å². The van der Waals surface area contributed by atoms with Gasteiger partial charge in [0.1, 0.15) is 0 Å². The fraction of sp³-hybridized carbons (Fsp3) is 0.333. The molecule has 0 spiro atoms. The average molecular weight is 251 g/mol.